The molecule has 0 unspecified atom stereocenters. The molecular weight excluding hydrogens is 262 g/mol. The maximum Gasteiger partial charge on any atom is 0.305 e. The largest absolute Gasteiger partial charge is 0.494 e. The molecular formula is C11H12ClNO5. The molecule has 0 bridgehead atoms. The van der Waals surface area contributed by atoms with E-state index in [0.717, 1.165) is 0 Å². The standard InChI is InChI=1S/C11H12ClNO5/c1-17-11(14)3-2-6-18-8-4-5-10(13(15)16)9(12)7-8/h4-5,7H,2-3,6H2,1H3. The molecule has 0 aliphatic carbocycles. The second-order valence-corrected chi connectivity index (χ2v) is 3.81. The summed E-state index contributed by atoms with van der Waals surface area (Å²) in [5.41, 5.74) is -0.168. The molecule has 1 aromatic carbocycles. The SMILES string of the molecule is COC(=O)CCCOc1ccc([N+](=O)[O-])c(Cl)c1. The second-order valence-electron chi connectivity index (χ2n) is 3.40. The molecule has 0 saturated carbocycles. The first-order valence-corrected chi connectivity index (χ1v) is 5.56. The minimum Gasteiger partial charge on any atom is -0.494 e. The molecule has 0 radical (unpaired) electrons. The summed E-state index contributed by atoms with van der Waals surface area (Å²) in [7, 11) is 1.32. The van der Waals surface area contributed by atoms with Gasteiger partial charge in [-0.15, -0.1) is 0 Å². The predicted octanol–water partition coefficient (Wildman–Crippen LogP) is 2.58. The Morgan fingerprint density at radius 1 is 1.50 bits per heavy atom. The van der Waals surface area contributed by atoms with Crippen LogP contribution in [0.25, 0.3) is 0 Å². The van der Waals surface area contributed by atoms with Crippen molar-refractivity contribution in [3.05, 3.63) is 33.3 Å². The van der Waals surface area contributed by atoms with Crippen LogP contribution in [0.3, 0.4) is 0 Å². The van der Waals surface area contributed by atoms with Crippen LogP contribution < -0.4 is 4.74 Å². The average molecular weight is 274 g/mol. The number of nitro groups is 1. The molecule has 0 fully saturated rings. The van der Waals surface area contributed by atoms with Crippen LogP contribution in [-0.2, 0) is 9.53 Å². The summed E-state index contributed by atoms with van der Waals surface area (Å²) in [6.07, 6.45) is 0.762. The van der Waals surface area contributed by atoms with Gasteiger partial charge in [0.2, 0.25) is 0 Å². The molecule has 0 heterocycles. The number of ether oxygens (including phenoxy) is 2. The van der Waals surface area contributed by atoms with Crippen molar-refractivity contribution in [2.24, 2.45) is 0 Å². The predicted molar refractivity (Wildman–Crippen MR) is 64.9 cm³/mol. The van der Waals surface area contributed by atoms with Crippen molar-refractivity contribution in [2.75, 3.05) is 13.7 Å². The maximum atomic E-state index is 10.8. The van der Waals surface area contributed by atoms with Crippen molar-refractivity contribution in [1.29, 1.82) is 0 Å². The summed E-state index contributed by atoms with van der Waals surface area (Å²) >= 11 is 5.71. The molecule has 1 aromatic rings. The third-order valence-electron chi connectivity index (χ3n) is 2.14. The first-order valence-electron chi connectivity index (χ1n) is 5.18. The van der Waals surface area contributed by atoms with Crippen molar-refractivity contribution < 1.29 is 19.2 Å². The summed E-state index contributed by atoms with van der Waals surface area (Å²) in [4.78, 5) is 20.8. The molecule has 18 heavy (non-hydrogen) atoms. The van der Waals surface area contributed by atoms with Gasteiger partial charge in [0.1, 0.15) is 10.8 Å². The summed E-state index contributed by atoms with van der Waals surface area (Å²) in [6.45, 7) is 0.309. The first-order chi connectivity index (χ1) is 8.54. The molecule has 0 spiro atoms. The van der Waals surface area contributed by atoms with E-state index in [1.54, 1.807) is 0 Å². The smallest absolute Gasteiger partial charge is 0.305 e. The Balaban J connectivity index is 2.46. The highest BCUT2D eigenvalue weighted by Crippen LogP contribution is 2.28. The minimum absolute atomic E-state index is 0.0190. The highest BCUT2D eigenvalue weighted by Gasteiger charge is 2.12. The van der Waals surface area contributed by atoms with Gasteiger partial charge in [-0.1, -0.05) is 11.6 Å². The fraction of sp³-hybridized carbons (Fsp3) is 0.364. The number of methoxy groups -OCH3 is 1. The van der Waals surface area contributed by atoms with Crippen LogP contribution in [0.2, 0.25) is 5.02 Å². The summed E-state index contributed by atoms with van der Waals surface area (Å²) in [6, 6.07) is 4.11. The van der Waals surface area contributed by atoms with E-state index in [1.807, 2.05) is 0 Å². The quantitative estimate of drug-likeness (QED) is 0.344. The number of nitro benzene ring substituents is 1. The van der Waals surface area contributed by atoms with Crippen molar-refractivity contribution in [1.82, 2.24) is 0 Å². The lowest BCUT2D eigenvalue weighted by Gasteiger charge is -2.06. The normalized spacial score (nSPS) is 9.89. The lowest BCUT2D eigenvalue weighted by Crippen LogP contribution is -2.04. The Morgan fingerprint density at radius 3 is 2.78 bits per heavy atom. The van der Waals surface area contributed by atoms with E-state index in [1.165, 1.54) is 25.3 Å². The van der Waals surface area contributed by atoms with Crippen molar-refractivity contribution >= 4 is 23.3 Å². The van der Waals surface area contributed by atoms with Gasteiger partial charge in [0.15, 0.2) is 0 Å². The fourth-order valence-electron chi connectivity index (χ4n) is 1.23. The Labute approximate surface area is 109 Å². The van der Waals surface area contributed by atoms with Crippen LogP contribution in [0, 0.1) is 10.1 Å². The summed E-state index contributed by atoms with van der Waals surface area (Å²) in [5.74, 6) is 0.121. The Bertz CT molecular complexity index is 449. The number of halogens is 1. The van der Waals surface area contributed by atoms with E-state index in [9.17, 15) is 14.9 Å². The number of carbonyl (C=O) groups excluding carboxylic acids is 1. The molecule has 0 amide bonds. The van der Waals surface area contributed by atoms with Gasteiger partial charge in [-0.2, -0.15) is 0 Å². The lowest BCUT2D eigenvalue weighted by atomic mass is 10.3. The molecule has 98 valence electrons. The highest BCUT2D eigenvalue weighted by molar-refractivity contribution is 6.32. The molecule has 7 heteroatoms. The number of hydrogen-bond donors (Lipinski definition) is 0. The van der Waals surface area contributed by atoms with Gasteiger partial charge < -0.3 is 9.47 Å². The van der Waals surface area contributed by atoms with Crippen LogP contribution >= 0.6 is 11.6 Å². The lowest BCUT2D eigenvalue weighted by molar-refractivity contribution is -0.384. The molecule has 6 nitrogen and oxygen atoms in total. The van der Waals surface area contributed by atoms with E-state index in [2.05, 4.69) is 4.74 Å². The number of rotatable bonds is 6. The van der Waals surface area contributed by atoms with Crippen molar-refractivity contribution in [3.63, 3.8) is 0 Å². The van der Waals surface area contributed by atoms with E-state index in [-0.39, 0.29) is 23.1 Å². The molecule has 1 rings (SSSR count). The maximum absolute atomic E-state index is 10.8. The zero-order valence-corrected chi connectivity index (χ0v) is 10.5. The Morgan fingerprint density at radius 2 is 2.22 bits per heavy atom. The van der Waals surface area contributed by atoms with Gasteiger partial charge in [-0.05, 0) is 12.5 Å². The van der Waals surface area contributed by atoms with E-state index >= 15 is 0 Å². The number of carbonyl (C=O) groups is 1. The van der Waals surface area contributed by atoms with Gasteiger partial charge in [0.25, 0.3) is 5.69 Å². The Kier molecular flexibility index (Phi) is 5.38. The fourth-order valence-corrected chi connectivity index (χ4v) is 1.47. The first kappa shape index (κ1) is 14.2. The number of hydrogen-bond acceptors (Lipinski definition) is 5. The zero-order chi connectivity index (χ0) is 13.5. The Hall–Kier alpha value is -1.82. The number of benzene rings is 1. The highest BCUT2D eigenvalue weighted by atomic mass is 35.5. The summed E-state index contributed by atoms with van der Waals surface area (Å²) in [5, 5.41) is 10.5. The van der Waals surface area contributed by atoms with Crippen LogP contribution in [-0.4, -0.2) is 24.6 Å². The van der Waals surface area contributed by atoms with Crippen molar-refractivity contribution in [3.8, 4) is 5.75 Å². The third-order valence-corrected chi connectivity index (χ3v) is 2.44. The number of nitrogens with zero attached hydrogens (tertiary/aromatic N) is 1. The average Bonchev–Trinajstić information content (AvgIpc) is 2.34. The van der Waals surface area contributed by atoms with Crippen LogP contribution in [0.15, 0.2) is 18.2 Å². The van der Waals surface area contributed by atoms with Gasteiger partial charge in [0, 0.05) is 18.6 Å². The summed E-state index contributed by atoms with van der Waals surface area (Å²) < 4.78 is 9.77. The third kappa shape index (κ3) is 4.21. The van der Waals surface area contributed by atoms with Crippen LogP contribution in [0.5, 0.6) is 5.75 Å². The minimum atomic E-state index is -0.566. The van der Waals surface area contributed by atoms with Gasteiger partial charge in [-0.3, -0.25) is 14.9 Å². The topological polar surface area (TPSA) is 78.7 Å². The van der Waals surface area contributed by atoms with Gasteiger partial charge in [0.05, 0.1) is 18.6 Å². The number of esters is 1. The van der Waals surface area contributed by atoms with E-state index in [4.69, 9.17) is 16.3 Å². The molecule has 0 atom stereocenters. The van der Waals surface area contributed by atoms with Gasteiger partial charge in [-0.25, -0.2) is 0 Å². The zero-order valence-electron chi connectivity index (χ0n) is 9.72. The monoisotopic (exact) mass is 273 g/mol. The molecule has 0 aliphatic heterocycles. The molecule has 0 aliphatic rings. The van der Waals surface area contributed by atoms with Gasteiger partial charge >= 0.3 is 5.97 Å². The van der Waals surface area contributed by atoms with Crippen LogP contribution in [0.1, 0.15) is 12.8 Å². The van der Waals surface area contributed by atoms with E-state index in [0.29, 0.717) is 18.8 Å². The van der Waals surface area contributed by atoms with Crippen LogP contribution in [0.4, 0.5) is 5.69 Å². The second kappa shape index (κ2) is 6.80. The van der Waals surface area contributed by atoms with Crippen molar-refractivity contribution in [2.45, 2.75) is 12.8 Å². The molecule has 0 aromatic heterocycles. The molecule has 0 saturated heterocycles. The molecule has 0 N–H and O–H groups in total. The van der Waals surface area contributed by atoms with E-state index < -0.39 is 4.92 Å².